The van der Waals surface area contributed by atoms with E-state index in [1.54, 1.807) is 22.6 Å². The summed E-state index contributed by atoms with van der Waals surface area (Å²) >= 11 is 1.71. The predicted octanol–water partition coefficient (Wildman–Crippen LogP) is -3.23. The molecule has 7 N–H and O–H groups in total. The van der Waals surface area contributed by atoms with Crippen molar-refractivity contribution in [2.45, 2.75) is 30.3 Å². The molecule has 0 aromatic rings. The highest BCUT2D eigenvalue weighted by Crippen LogP contribution is 2.45. The third-order valence-corrected chi connectivity index (χ3v) is 3.95. The quantitative estimate of drug-likeness (QED) is 0.130. The smallest absolute Gasteiger partial charge is 0.391 e. The van der Waals surface area contributed by atoms with Gasteiger partial charge in [0.05, 0.1) is 4.43 Å². The monoisotopic (exact) mass is 443 g/mol. The van der Waals surface area contributed by atoms with Gasteiger partial charge >= 0.3 is 7.82 Å². The van der Waals surface area contributed by atoms with E-state index in [4.69, 9.17) is 19.6 Å². The summed E-state index contributed by atoms with van der Waals surface area (Å²) in [5.41, 5.74) is 0. The minimum absolute atomic E-state index is 0.00603. The number of aliphatic hydroxyl groups excluding tert-OH is 4. The van der Waals surface area contributed by atoms with Crippen molar-refractivity contribution in [1.82, 2.24) is 5.32 Å². The van der Waals surface area contributed by atoms with Gasteiger partial charge in [-0.15, -0.1) is 0 Å². The van der Waals surface area contributed by atoms with E-state index in [0.717, 1.165) is 0 Å². The predicted molar refractivity (Wildman–Crippen MR) is 72.9 cm³/mol. The fourth-order valence-corrected chi connectivity index (χ4v) is 2.62. The molecule has 0 radical (unpaired) electrons. The van der Waals surface area contributed by atoms with Crippen LogP contribution in [0.5, 0.6) is 0 Å². The van der Waals surface area contributed by atoms with Crippen molar-refractivity contribution in [3.05, 3.63) is 0 Å². The van der Waals surface area contributed by atoms with Gasteiger partial charge in [-0.1, -0.05) is 22.6 Å². The van der Waals surface area contributed by atoms with Crippen molar-refractivity contribution in [2.24, 2.45) is 0 Å². The van der Waals surface area contributed by atoms with Gasteiger partial charge in [0.2, 0.25) is 11.7 Å². The van der Waals surface area contributed by atoms with E-state index in [2.05, 4.69) is 9.84 Å². The Kier molecular flexibility index (Phi) is 6.50. The third kappa shape index (κ3) is 4.54. The Hall–Kier alpha value is 0.110. The number of carbonyl (C=O) groups excluding carboxylic acids is 1. The molecule has 1 fully saturated rings. The second kappa shape index (κ2) is 7.12. The molecule has 5 atom stereocenters. The number of carbonyl (C=O) groups is 1. The van der Waals surface area contributed by atoms with Crippen LogP contribution in [0.4, 0.5) is 0 Å². The molecule has 1 aliphatic rings. The largest absolute Gasteiger partial charge is 0.472 e. The first-order valence-corrected chi connectivity index (χ1v) is 8.56. The minimum Gasteiger partial charge on any atom is -0.391 e. The Morgan fingerprint density at radius 3 is 2.38 bits per heavy atom. The number of halogens is 1. The first kappa shape index (κ1) is 19.2. The van der Waals surface area contributed by atoms with Gasteiger partial charge in [-0.05, 0) is 0 Å². The van der Waals surface area contributed by atoms with Crippen LogP contribution in [0.2, 0.25) is 0 Å². The van der Waals surface area contributed by atoms with Gasteiger partial charge in [0, 0.05) is 0 Å². The van der Waals surface area contributed by atoms with Gasteiger partial charge in [0.1, 0.15) is 24.9 Å². The molecular formula is C8H15INO10P. The van der Waals surface area contributed by atoms with Crippen LogP contribution < -0.4 is 5.32 Å². The normalized spacial score (nSPS) is 37.3. The zero-order chi connectivity index (χ0) is 16.4. The molecule has 1 saturated heterocycles. The average molecular weight is 443 g/mol. The maximum Gasteiger partial charge on any atom is 0.472 e. The molecule has 1 rings (SSSR count). The van der Waals surface area contributed by atoms with Crippen molar-refractivity contribution >= 4 is 36.3 Å². The van der Waals surface area contributed by atoms with Crippen LogP contribution in [0.25, 0.3) is 0 Å². The summed E-state index contributed by atoms with van der Waals surface area (Å²) in [7, 11) is -5.22. The zero-order valence-electron chi connectivity index (χ0n) is 10.4. The maximum absolute atomic E-state index is 11.3. The molecule has 1 aliphatic heterocycles. The molecule has 11 nitrogen and oxygen atoms in total. The van der Waals surface area contributed by atoms with E-state index in [9.17, 15) is 24.7 Å². The van der Waals surface area contributed by atoms with E-state index in [-0.39, 0.29) is 4.43 Å². The Bertz CT molecular complexity index is 431. The Labute approximate surface area is 132 Å². The number of amides is 1. The lowest BCUT2D eigenvalue weighted by molar-refractivity contribution is -0.365. The summed E-state index contributed by atoms with van der Waals surface area (Å²) in [6, 6.07) is -1.47. The van der Waals surface area contributed by atoms with Gasteiger partial charge in [0.25, 0.3) is 0 Å². The molecule has 0 bridgehead atoms. The van der Waals surface area contributed by atoms with Crippen molar-refractivity contribution in [3.8, 4) is 0 Å². The van der Waals surface area contributed by atoms with Gasteiger partial charge in [-0.25, -0.2) is 9.09 Å². The highest BCUT2D eigenvalue weighted by molar-refractivity contribution is 14.1. The van der Waals surface area contributed by atoms with E-state index < -0.39 is 50.7 Å². The van der Waals surface area contributed by atoms with Crippen molar-refractivity contribution in [3.63, 3.8) is 0 Å². The van der Waals surface area contributed by atoms with Gasteiger partial charge < -0.3 is 40.3 Å². The lowest BCUT2D eigenvalue weighted by atomic mass is 9.94. The number of hydrogen-bond donors (Lipinski definition) is 7. The van der Waals surface area contributed by atoms with Gasteiger partial charge in [-0.3, -0.25) is 4.79 Å². The maximum atomic E-state index is 11.3. The number of nitrogens with one attached hydrogen (secondary N) is 1. The third-order valence-electron chi connectivity index (χ3n) is 2.71. The van der Waals surface area contributed by atoms with Gasteiger partial charge in [-0.2, -0.15) is 0 Å². The summed E-state index contributed by atoms with van der Waals surface area (Å²) in [4.78, 5) is 28.8. The molecule has 0 aromatic carbocycles. The number of aliphatic hydroxyl groups is 4. The molecule has 0 spiro atoms. The van der Waals surface area contributed by atoms with Crippen LogP contribution in [0.1, 0.15) is 0 Å². The lowest BCUT2D eigenvalue weighted by Crippen LogP contribution is -2.70. The number of ether oxygens (including phenoxy) is 1. The SMILES string of the molecule is O=C(CI)N[C@@H]1[C@@H](O)[C@H](O)[C@@](CO)(OP(=O)(O)O)O[C@H]1O. The lowest BCUT2D eigenvalue weighted by Gasteiger charge is -2.46. The average Bonchev–Trinajstić information content (AvgIpc) is 2.38. The number of phosphoric ester groups is 1. The highest BCUT2D eigenvalue weighted by atomic mass is 127. The Balaban J connectivity index is 3.00. The number of hydrogen-bond acceptors (Lipinski definition) is 8. The molecule has 0 unspecified atom stereocenters. The second-order valence-electron chi connectivity index (χ2n) is 4.22. The molecule has 0 saturated carbocycles. The molecule has 0 aliphatic carbocycles. The van der Waals surface area contributed by atoms with E-state index in [1.807, 2.05) is 0 Å². The van der Waals surface area contributed by atoms with E-state index in [0.29, 0.717) is 0 Å². The van der Waals surface area contributed by atoms with Crippen LogP contribution >= 0.6 is 30.4 Å². The molecule has 21 heavy (non-hydrogen) atoms. The van der Waals surface area contributed by atoms with E-state index >= 15 is 0 Å². The van der Waals surface area contributed by atoms with Gasteiger partial charge in [0.15, 0.2) is 6.29 Å². The van der Waals surface area contributed by atoms with E-state index in [1.165, 1.54) is 0 Å². The summed E-state index contributed by atoms with van der Waals surface area (Å²) in [6.07, 6.45) is -6.02. The first-order chi connectivity index (χ1) is 9.56. The molecule has 0 aromatic heterocycles. The van der Waals surface area contributed by atoms with Crippen LogP contribution in [0, 0.1) is 0 Å². The summed E-state index contributed by atoms with van der Waals surface area (Å²) in [6.45, 7) is -1.26. The fraction of sp³-hybridized carbons (Fsp3) is 0.875. The Morgan fingerprint density at radius 1 is 1.38 bits per heavy atom. The summed E-state index contributed by atoms with van der Waals surface area (Å²) in [5, 5.41) is 40.8. The minimum atomic E-state index is -5.22. The number of phosphoric acid groups is 1. The van der Waals surface area contributed by atoms with Crippen LogP contribution in [-0.2, 0) is 18.6 Å². The fourth-order valence-electron chi connectivity index (χ4n) is 1.79. The highest BCUT2D eigenvalue weighted by Gasteiger charge is 2.57. The number of alkyl halides is 1. The van der Waals surface area contributed by atoms with Crippen molar-refractivity contribution in [1.29, 1.82) is 0 Å². The second-order valence-corrected chi connectivity index (χ2v) is 6.15. The first-order valence-electron chi connectivity index (χ1n) is 5.51. The number of rotatable bonds is 5. The molecule has 124 valence electrons. The molecule has 13 heteroatoms. The Morgan fingerprint density at radius 2 is 1.95 bits per heavy atom. The molecule has 1 heterocycles. The summed E-state index contributed by atoms with van der Waals surface area (Å²) < 4.78 is 19.7. The van der Waals surface area contributed by atoms with Crippen LogP contribution in [0.3, 0.4) is 0 Å². The van der Waals surface area contributed by atoms with Crippen molar-refractivity contribution < 1.29 is 48.8 Å². The standard InChI is InChI=1S/C8H15INO10P/c9-1-3(12)10-4-5(13)6(14)8(2-11,19-7(4)15)20-21(16,17)18/h4-7,11,13-15H,1-2H2,(H,10,12)(H2,16,17,18)/t4-,5-,6+,7-,8-/m1/s1. The van der Waals surface area contributed by atoms with Crippen LogP contribution in [0.15, 0.2) is 0 Å². The van der Waals surface area contributed by atoms with Crippen LogP contribution in [-0.4, -0.2) is 77.5 Å². The topological polar surface area (TPSA) is 186 Å². The zero-order valence-corrected chi connectivity index (χ0v) is 13.4. The van der Waals surface area contributed by atoms with Crippen molar-refractivity contribution in [2.75, 3.05) is 11.0 Å². The molecular weight excluding hydrogens is 428 g/mol. The molecule has 1 amide bonds. The summed E-state index contributed by atoms with van der Waals surface area (Å²) in [5.74, 6) is -3.31.